The van der Waals surface area contributed by atoms with E-state index in [0.717, 1.165) is 0 Å². The van der Waals surface area contributed by atoms with E-state index in [-0.39, 0.29) is 29.7 Å². The molecular weight excluding hydrogens is 500 g/mol. The van der Waals surface area contributed by atoms with Crippen molar-refractivity contribution in [2.75, 3.05) is 45.0 Å². The number of carbonyl (C=O) groups is 4. The highest BCUT2D eigenvalue weighted by atomic mass is 16.3. The van der Waals surface area contributed by atoms with Crippen molar-refractivity contribution in [2.45, 2.75) is 24.5 Å². The first-order valence-corrected chi connectivity index (χ1v) is 11.8. The lowest BCUT2D eigenvalue weighted by Gasteiger charge is -2.50. The molecule has 0 bridgehead atoms. The molecule has 1 fully saturated rings. The number of phenolic OH excluding ortho intramolecular Hbond substituents is 1. The van der Waals surface area contributed by atoms with E-state index >= 15 is 0 Å². The molecule has 4 atom stereocenters. The molecule has 1 aromatic rings. The van der Waals surface area contributed by atoms with E-state index in [1.54, 1.807) is 19.0 Å². The zero-order chi connectivity index (χ0) is 28.4. The van der Waals surface area contributed by atoms with E-state index in [0.29, 0.717) is 11.3 Å². The van der Waals surface area contributed by atoms with Crippen molar-refractivity contribution < 1.29 is 44.7 Å². The average Bonchev–Trinajstić information content (AvgIpc) is 2.82. The van der Waals surface area contributed by atoms with Gasteiger partial charge in [0.2, 0.25) is 11.7 Å². The van der Waals surface area contributed by atoms with E-state index in [9.17, 15) is 39.6 Å². The minimum Gasteiger partial charge on any atom is -0.508 e. The second-order valence-electron chi connectivity index (χ2n) is 10.2. The predicted molar refractivity (Wildman–Crippen MR) is 134 cm³/mol. The molecule has 1 saturated carbocycles. The van der Waals surface area contributed by atoms with Gasteiger partial charge in [0.05, 0.1) is 17.3 Å². The maximum Gasteiger partial charge on any atom is 0.255 e. The van der Waals surface area contributed by atoms with Gasteiger partial charge in [-0.25, -0.2) is 0 Å². The van der Waals surface area contributed by atoms with Crippen LogP contribution in [0.1, 0.15) is 17.5 Å². The van der Waals surface area contributed by atoms with Crippen LogP contribution in [0.15, 0.2) is 23.0 Å². The Bertz CT molecular complexity index is 1350. The molecule has 0 spiro atoms. The number of aromatic hydroxyl groups is 1. The van der Waals surface area contributed by atoms with Crippen LogP contribution in [0, 0.1) is 11.8 Å². The summed E-state index contributed by atoms with van der Waals surface area (Å²) in [6.45, 7) is -0.866. The second kappa shape index (κ2) is 9.11. The van der Waals surface area contributed by atoms with Crippen molar-refractivity contribution in [1.82, 2.24) is 4.90 Å². The van der Waals surface area contributed by atoms with Gasteiger partial charge in [-0.1, -0.05) is 0 Å². The third kappa shape index (κ3) is 3.65. The van der Waals surface area contributed by atoms with Crippen LogP contribution in [0.3, 0.4) is 0 Å². The van der Waals surface area contributed by atoms with Crippen molar-refractivity contribution in [2.24, 2.45) is 17.6 Å². The molecule has 0 radical (unpaired) electrons. The number of aliphatic hydroxyl groups is 4. The summed E-state index contributed by atoms with van der Waals surface area (Å²) < 4.78 is 0. The second-order valence-corrected chi connectivity index (χ2v) is 10.2. The normalized spacial score (nSPS) is 26.7. The van der Waals surface area contributed by atoms with E-state index in [2.05, 4.69) is 5.32 Å². The number of primary amides is 1. The maximum atomic E-state index is 13.9. The molecule has 0 saturated heterocycles. The number of likely N-dealkylation sites (N-methyl/N-ethyl adjacent to an activating group) is 1. The largest absolute Gasteiger partial charge is 0.508 e. The number of phenols is 1. The summed E-state index contributed by atoms with van der Waals surface area (Å²) in [5, 5.41) is 56.4. The quantitative estimate of drug-likeness (QED) is 0.180. The van der Waals surface area contributed by atoms with Crippen molar-refractivity contribution >= 4 is 40.5 Å². The van der Waals surface area contributed by atoms with Crippen molar-refractivity contribution in [3.8, 4) is 5.75 Å². The molecule has 8 N–H and O–H groups in total. The number of amides is 2. The standard InChI is InChI=1S/C25H30N4O9/c1-28(2)13-7-12(27-14(31)8-30)19(32)16-10(13)5-9-6-11-18(29(3)4)21(34)17(24(26)37)23(36)25(11,38)22(35)15(9)20(16)33/h7,9,11,18,30,32-33,36,38H,5-6,8H2,1-4H3,(H2,26,37)(H,27,31)/t9?,11?,18-,25?/m0/s1. The summed E-state index contributed by atoms with van der Waals surface area (Å²) in [5.74, 6) is -8.43. The van der Waals surface area contributed by atoms with Gasteiger partial charge in [-0.2, -0.15) is 0 Å². The van der Waals surface area contributed by atoms with Gasteiger partial charge >= 0.3 is 0 Å². The minimum atomic E-state index is -2.74. The number of rotatable bonds is 5. The zero-order valence-corrected chi connectivity index (χ0v) is 21.3. The number of Topliss-reactive ketones (excluding diaryl/α,β-unsaturated/α-hetero) is 2. The molecule has 1 aromatic carbocycles. The molecule has 3 unspecified atom stereocenters. The van der Waals surface area contributed by atoms with Crippen LogP contribution in [0.2, 0.25) is 0 Å². The number of fused-ring (bicyclic) bond motifs is 3. The number of anilines is 2. The Morgan fingerprint density at radius 2 is 1.79 bits per heavy atom. The highest BCUT2D eigenvalue weighted by Crippen LogP contribution is 2.54. The Balaban J connectivity index is 1.99. The number of hydrogen-bond donors (Lipinski definition) is 7. The number of nitrogens with one attached hydrogen (secondary N) is 1. The van der Waals surface area contributed by atoms with Gasteiger partial charge in [0.25, 0.3) is 5.91 Å². The minimum absolute atomic E-state index is 0.0393. The Morgan fingerprint density at radius 3 is 2.32 bits per heavy atom. The lowest BCUT2D eigenvalue weighted by molar-refractivity contribution is -0.153. The van der Waals surface area contributed by atoms with Gasteiger partial charge in [0.1, 0.15) is 29.4 Å². The topological polar surface area (TPSA) is 214 Å². The molecule has 13 nitrogen and oxygen atoms in total. The Hall–Kier alpha value is -3.94. The van der Waals surface area contributed by atoms with E-state index in [1.165, 1.54) is 25.1 Å². The summed E-state index contributed by atoms with van der Waals surface area (Å²) in [5.41, 5.74) is 2.02. The van der Waals surface area contributed by atoms with Crippen LogP contribution in [0.5, 0.6) is 5.75 Å². The van der Waals surface area contributed by atoms with E-state index < -0.39 is 76.3 Å². The SMILES string of the molecule is CN(C)c1cc(NC(=O)CO)c(O)c2c1CC1CC3[C@H](N(C)C)C(=O)C(C(N)=O)=C(O)C3(O)C(=O)C1=C2O. The first-order valence-electron chi connectivity index (χ1n) is 11.8. The van der Waals surface area contributed by atoms with Crippen LogP contribution >= 0.6 is 0 Å². The lowest BCUT2D eigenvalue weighted by atomic mass is 9.57. The zero-order valence-electron chi connectivity index (χ0n) is 21.3. The first kappa shape index (κ1) is 27.1. The summed E-state index contributed by atoms with van der Waals surface area (Å²) >= 11 is 0. The monoisotopic (exact) mass is 530 g/mol. The Morgan fingerprint density at radius 1 is 1.16 bits per heavy atom. The average molecular weight is 531 g/mol. The van der Waals surface area contributed by atoms with E-state index in [1.807, 2.05) is 0 Å². The van der Waals surface area contributed by atoms with Crippen LogP contribution < -0.4 is 16.0 Å². The summed E-state index contributed by atoms with van der Waals surface area (Å²) in [6.07, 6.45) is 0.0617. The van der Waals surface area contributed by atoms with Gasteiger partial charge in [-0.3, -0.25) is 24.1 Å². The third-order valence-corrected chi connectivity index (χ3v) is 7.60. The number of aliphatic hydroxyl groups excluding tert-OH is 3. The first-order chi connectivity index (χ1) is 17.7. The van der Waals surface area contributed by atoms with Crippen LogP contribution in [0.25, 0.3) is 5.76 Å². The fraction of sp³-hybridized carbons (Fsp3) is 0.440. The highest BCUT2D eigenvalue weighted by molar-refractivity contribution is 6.24. The van der Waals surface area contributed by atoms with Crippen LogP contribution in [-0.2, 0) is 25.6 Å². The highest BCUT2D eigenvalue weighted by Gasteiger charge is 2.64. The summed E-state index contributed by atoms with van der Waals surface area (Å²) in [6, 6.07) is 0.284. The number of hydrogen-bond acceptors (Lipinski definition) is 11. The van der Waals surface area contributed by atoms with Gasteiger partial charge in [-0.15, -0.1) is 0 Å². The van der Waals surface area contributed by atoms with Crippen LogP contribution in [-0.4, -0.2) is 100 Å². The number of nitrogens with zero attached hydrogens (tertiary/aromatic N) is 2. The smallest absolute Gasteiger partial charge is 0.255 e. The molecule has 3 aliphatic rings. The van der Waals surface area contributed by atoms with Crippen LogP contribution in [0.4, 0.5) is 11.4 Å². The fourth-order valence-corrected chi connectivity index (χ4v) is 5.98. The van der Waals surface area contributed by atoms with Crippen molar-refractivity contribution in [1.29, 1.82) is 0 Å². The fourth-order valence-electron chi connectivity index (χ4n) is 5.98. The number of ketones is 2. The van der Waals surface area contributed by atoms with Gasteiger partial charge in [0.15, 0.2) is 11.4 Å². The molecule has 0 aromatic heterocycles. The molecule has 3 aliphatic carbocycles. The predicted octanol–water partition coefficient (Wildman–Crippen LogP) is -1.04. The molecular formula is C25H30N4O9. The van der Waals surface area contributed by atoms with Gasteiger partial charge in [-0.05, 0) is 44.5 Å². The van der Waals surface area contributed by atoms with Crippen molar-refractivity contribution in [3.63, 3.8) is 0 Å². The van der Waals surface area contributed by atoms with Gasteiger partial charge < -0.3 is 41.5 Å². The summed E-state index contributed by atoms with van der Waals surface area (Å²) in [4.78, 5) is 54.0. The molecule has 13 heteroatoms. The molecule has 204 valence electrons. The van der Waals surface area contributed by atoms with Gasteiger partial charge in [0, 0.05) is 31.3 Å². The number of nitrogens with two attached hydrogens (primary N) is 1. The van der Waals surface area contributed by atoms with Crippen molar-refractivity contribution in [3.05, 3.63) is 34.1 Å². The number of benzene rings is 1. The molecule has 0 aliphatic heterocycles. The Kier molecular flexibility index (Phi) is 6.50. The molecule has 0 heterocycles. The molecule has 4 rings (SSSR count). The number of carbonyl (C=O) groups excluding carboxylic acids is 4. The molecule has 2 amide bonds. The van der Waals surface area contributed by atoms with E-state index in [4.69, 9.17) is 10.8 Å². The molecule has 38 heavy (non-hydrogen) atoms. The summed E-state index contributed by atoms with van der Waals surface area (Å²) in [7, 11) is 6.44. The lowest BCUT2D eigenvalue weighted by Crippen LogP contribution is -2.65. The maximum absolute atomic E-state index is 13.9. The Labute approximate surface area is 217 Å². The third-order valence-electron chi connectivity index (χ3n) is 7.60.